The van der Waals surface area contributed by atoms with Crippen LogP contribution in [0.4, 0.5) is 5.82 Å². The highest BCUT2D eigenvalue weighted by Crippen LogP contribution is 2.23. The first-order valence-corrected chi connectivity index (χ1v) is 7.52. The number of rotatable bonds is 3. The van der Waals surface area contributed by atoms with Gasteiger partial charge >= 0.3 is 0 Å². The molecule has 7 heteroatoms. The summed E-state index contributed by atoms with van der Waals surface area (Å²) in [7, 11) is 0. The molecule has 0 saturated heterocycles. The van der Waals surface area contributed by atoms with Gasteiger partial charge in [-0.15, -0.1) is 0 Å². The number of nitrogens with one attached hydrogen (secondary N) is 1. The first-order valence-electron chi connectivity index (χ1n) is 6.73. The SMILES string of the molecule is Brc1ccc2ncnc(NCc3ccnc4ccnn34)c2c1. The van der Waals surface area contributed by atoms with E-state index < -0.39 is 0 Å². The minimum Gasteiger partial charge on any atom is -0.364 e. The van der Waals surface area contributed by atoms with E-state index in [1.54, 1.807) is 18.7 Å². The lowest BCUT2D eigenvalue weighted by atomic mass is 10.2. The molecule has 4 rings (SSSR count). The maximum atomic E-state index is 4.34. The van der Waals surface area contributed by atoms with Gasteiger partial charge in [0.15, 0.2) is 5.65 Å². The molecule has 3 aromatic heterocycles. The summed E-state index contributed by atoms with van der Waals surface area (Å²) in [5, 5.41) is 8.61. The zero-order valence-electron chi connectivity index (χ0n) is 11.4. The minimum absolute atomic E-state index is 0.597. The molecule has 0 aliphatic rings. The van der Waals surface area contributed by atoms with Crippen LogP contribution in [0.5, 0.6) is 0 Å². The molecule has 0 spiro atoms. The lowest BCUT2D eigenvalue weighted by Crippen LogP contribution is -2.08. The van der Waals surface area contributed by atoms with Crippen LogP contribution in [0.2, 0.25) is 0 Å². The van der Waals surface area contributed by atoms with E-state index in [1.807, 2.05) is 34.8 Å². The van der Waals surface area contributed by atoms with Crippen LogP contribution in [-0.4, -0.2) is 24.6 Å². The number of hydrogen-bond acceptors (Lipinski definition) is 5. The third kappa shape index (κ3) is 2.29. The monoisotopic (exact) mass is 354 g/mol. The Kier molecular flexibility index (Phi) is 3.19. The standard InChI is InChI=1S/C15H11BrN6/c16-10-1-2-13-12(7-10)15(20-9-19-13)18-8-11-3-5-17-14-4-6-21-22(11)14/h1-7,9H,8H2,(H,18,19,20). The van der Waals surface area contributed by atoms with Crippen LogP contribution in [0.15, 0.2) is 53.5 Å². The molecule has 0 bridgehead atoms. The van der Waals surface area contributed by atoms with E-state index in [0.717, 1.165) is 32.5 Å². The minimum atomic E-state index is 0.597. The summed E-state index contributed by atoms with van der Waals surface area (Å²) >= 11 is 3.48. The van der Waals surface area contributed by atoms with Crippen molar-refractivity contribution < 1.29 is 0 Å². The quantitative estimate of drug-likeness (QED) is 0.612. The first-order chi connectivity index (χ1) is 10.8. The summed E-state index contributed by atoms with van der Waals surface area (Å²) in [6.45, 7) is 0.597. The summed E-state index contributed by atoms with van der Waals surface area (Å²) in [5.74, 6) is 0.795. The van der Waals surface area contributed by atoms with Gasteiger partial charge in [-0.05, 0) is 24.3 Å². The Hall–Kier alpha value is -2.54. The van der Waals surface area contributed by atoms with Gasteiger partial charge in [-0.2, -0.15) is 5.10 Å². The van der Waals surface area contributed by atoms with Gasteiger partial charge in [-0.1, -0.05) is 15.9 Å². The molecule has 4 aromatic rings. The molecule has 22 heavy (non-hydrogen) atoms. The van der Waals surface area contributed by atoms with Crippen LogP contribution in [0, 0.1) is 0 Å². The normalized spacial score (nSPS) is 11.1. The molecule has 1 N–H and O–H groups in total. The van der Waals surface area contributed by atoms with Crippen molar-refractivity contribution in [2.75, 3.05) is 5.32 Å². The topological polar surface area (TPSA) is 68.0 Å². The van der Waals surface area contributed by atoms with E-state index in [0.29, 0.717) is 6.54 Å². The summed E-state index contributed by atoms with van der Waals surface area (Å²) in [6.07, 6.45) is 5.08. The lowest BCUT2D eigenvalue weighted by molar-refractivity contribution is 0.852. The van der Waals surface area contributed by atoms with E-state index in [-0.39, 0.29) is 0 Å². The predicted molar refractivity (Wildman–Crippen MR) is 87.6 cm³/mol. The Morgan fingerprint density at radius 2 is 2.00 bits per heavy atom. The summed E-state index contributed by atoms with van der Waals surface area (Å²) in [6, 6.07) is 9.75. The number of nitrogens with zero attached hydrogens (tertiary/aromatic N) is 5. The molecule has 6 nitrogen and oxygen atoms in total. The fraction of sp³-hybridized carbons (Fsp3) is 0.0667. The highest BCUT2D eigenvalue weighted by Gasteiger charge is 2.06. The Bertz CT molecular complexity index is 964. The number of fused-ring (bicyclic) bond motifs is 2. The average molecular weight is 355 g/mol. The smallest absolute Gasteiger partial charge is 0.155 e. The van der Waals surface area contributed by atoms with Crippen molar-refractivity contribution in [3.05, 3.63) is 59.2 Å². The Balaban J connectivity index is 1.69. The number of anilines is 1. The molecule has 108 valence electrons. The average Bonchev–Trinajstić information content (AvgIpc) is 3.02. The Labute approximate surface area is 134 Å². The second-order valence-corrected chi connectivity index (χ2v) is 5.69. The molecule has 0 saturated carbocycles. The maximum Gasteiger partial charge on any atom is 0.155 e. The molecule has 0 atom stereocenters. The van der Waals surface area contributed by atoms with Gasteiger partial charge < -0.3 is 5.32 Å². The van der Waals surface area contributed by atoms with Crippen molar-refractivity contribution >= 4 is 38.3 Å². The van der Waals surface area contributed by atoms with Gasteiger partial charge in [0.05, 0.1) is 24.0 Å². The van der Waals surface area contributed by atoms with Crippen LogP contribution >= 0.6 is 15.9 Å². The largest absolute Gasteiger partial charge is 0.364 e. The van der Waals surface area contributed by atoms with Crippen molar-refractivity contribution in [2.24, 2.45) is 0 Å². The van der Waals surface area contributed by atoms with Gasteiger partial charge in [-0.25, -0.2) is 19.5 Å². The van der Waals surface area contributed by atoms with Crippen LogP contribution in [0.1, 0.15) is 5.69 Å². The van der Waals surface area contributed by atoms with Crippen molar-refractivity contribution in [1.82, 2.24) is 24.6 Å². The highest BCUT2D eigenvalue weighted by atomic mass is 79.9. The van der Waals surface area contributed by atoms with Gasteiger partial charge in [0, 0.05) is 22.1 Å². The molecule has 0 unspecified atom stereocenters. The number of hydrogen-bond donors (Lipinski definition) is 1. The lowest BCUT2D eigenvalue weighted by Gasteiger charge is -2.09. The molecule has 0 fully saturated rings. The summed E-state index contributed by atoms with van der Waals surface area (Å²) in [4.78, 5) is 12.9. The van der Waals surface area contributed by atoms with E-state index in [1.165, 1.54) is 0 Å². The van der Waals surface area contributed by atoms with E-state index in [2.05, 4.69) is 41.3 Å². The third-order valence-electron chi connectivity index (χ3n) is 3.40. The van der Waals surface area contributed by atoms with Crippen molar-refractivity contribution in [3.63, 3.8) is 0 Å². The second kappa shape index (κ2) is 5.34. The molecule has 1 aromatic carbocycles. The number of benzene rings is 1. The van der Waals surface area contributed by atoms with Crippen molar-refractivity contribution in [2.45, 2.75) is 6.54 Å². The van der Waals surface area contributed by atoms with Gasteiger partial charge in [0.1, 0.15) is 12.1 Å². The number of halogens is 1. The fourth-order valence-corrected chi connectivity index (χ4v) is 2.72. The van der Waals surface area contributed by atoms with Gasteiger partial charge in [0.25, 0.3) is 0 Å². The van der Waals surface area contributed by atoms with Crippen molar-refractivity contribution in [3.8, 4) is 0 Å². The highest BCUT2D eigenvalue weighted by molar-refractivity contribution is 9.10. The fourth-order valence-electron chi connectivity index (χ4n) is 2.36. The maximum absolute atomic E-state index is 4.34. The number of aromatic nitrogens is 5. The van der Waals surface area contributed by atoms with Crippen molar-refractivity contribution in [1.29, 1.82) is 0 Å². The zero-order valence-corrected chi connectivity index (χ0v) is 13.0. The zero-order chi connectivity index (χ0) is 14.9. The molecule has 0 aliphatic heterocycles. The van der Waals surface area contributed by atoms with E-state index in [4.69, 9.17) is 0 Å². The van der Waals surface area contributed by atoms with Crippen LogP contribution < -0.4 is 5.32 Å². The molecular formula is C15H11BrN6. The molecular weight excluding hydrogens is 344 g/mol. The van der Waals surface area contributed by atoms with E-state index >= 15 is 0 Å². The second-order valence-electron chi connectivity index (χ2n) is 4.77. The predicted octanol–water partition coefficient (Wildman–Crippen LogP) is 3.05. The van der Waals surface area contributed by atoms with Gasteiger partial charge in [-0.3, -0.25) is 0 Å². The molecule has 0 amide bonds. The van der Waals surface area contributed by atoms with Crippen LogP contribution in [0.25, 0.3) is 16.6 Å². The Morgan fingerprint density at radius 1 is 1.05 bits per heavy atom. The molecule has 3 heterocycles. The summed E-state index contributed by atoms with van der Waals surface area (Å²) < 4.78 is 2.81. The van der Waals surface area contributed by atoms with Gasteiger partial charge in [0.2, 0.25) is 0 Å². The molecule has 0 radical (unpaired) electrons. The summed E-state index contributed by atoms with van der Waals surface area (Å²) in [5.41, 5.74) is 2.74. The third-order valence-corrected chi connectivity index (χ3v) is 3.90. The van der Waals surface area contributed by atoms with E-state index in [9.17, 15) is 0 Å². The first kappa shape index (κ1) is 13.1. The molecule has 0 aliphatic carbocycles. The van der Waals surface area contributed by atoms with Crippen LogP contribution in [0.3, 0.4) is 0 Å². The van der Waals surface area contributed by atoms with Crippen LogP contribution in [-0.2, 0) is 6.54 Å². The Morgan fingerprint density at radius 3 is 2.95 bits per heavy atom.